The number of rotatable bonds is 8. The fourth-order valence-corrected chi connectivity index (χ4v) is 1.59. The Morgan fingerprint density at radius 2 is 2.15 bits per heavy atom. The molecule has 5 nitrogen and oxygen atoms in total. The molecule has 1 amide bonds. The Bertz CT molecular complexity index is 466. The van der Waals surface area contributed by atoms with Gasteiger partial charge in [-0.1, -0.05) is 32.0 Å². The van der Waals surface area contributed by atoms with Gasteiger partial charge in [-0.25, -0.2) is 0 Å². The summed E-state index contributed by atoms with van der Waals surface area (Å²) in [6.07, 6.45) is 0. The van der Waals surface area contributed by atoms with Gasteiger partial charge in [0, 0.05) is 18.7 Å². The first-order chi connectivity index (χ1) is 9.63. The van der Waals surface area contributed by atoms with Crippen LogP contribution in [0, 0.1) is 17.2 Å². The van der Waals surface area contributed by atoms with Gasteiger partial charge < -0.3 is 15.4 Å². The third-order valence-corrected chi connectivity index (χ3v) is 2.57. The molecule has 5 heteroatoms. The Morgan fingerprint density at radius 1 is 1.40 bits per heavy atom. The minimum atomic E-state index is -0.0193. The molecule has 1 aromatic carbocycles. The van der Waals surface area contributed by atoms with E-state index in [0.717, 1.165) is 5.56 Å². The molecule has 0 spiro atoms. The minimum Gasteiger partial charge on any atom is -0.478 e. The Labute approximate surface area is 119 Å². The molecular formula is C15H21N3O2. The molecular weight excluding hydrogens is 254 g/mol. The molecule has 0 aromatic heterocycles. The van der Waals surface area contributed by atoms with Crippen LogP contribution in [0.1, 0.15) is 19.4 Å². The van der Waals surface area contributed by atoms with Crippen LogP contribution >= 0.6 is 0 Å². The number of nitrogens with one attached hydrogen (secondary N) is 2. The second kappa shape index (κ2) is 8.94. The van der Waals surface area contributed by atoms with Gasteiger partial charge in [0.25, 0.3) is 0 Å². The Kier molecular flexibility index (Phi) is 7.15. The fraction of sp³-hybridized carbons (Fsp3) is 0.467. The van der Waals surface area contributed by atoms with E-state index in [1.165, 1.54) is 0 Å². The molecule has 108 valence electrons. The summed E-state index contributed by atoms with van der Waals surface area (Å²) in [5.74, 6) is 1.09. The SMILES string of the molecule is CC(C)CNC(=O)CNCc1ccccc1OCC#N. The second-order valence-electron chi connectivity index (χ2n) is 4.86. The van der Waals surface area contributed by atoms with Crippen molar-refractivity contribution in [3.05, 3.63) is 29.8 Å². The smallest absolute Gasteiger partial charge is 0.233 e. The minimum absolute atomic E-state index is 0.0193. The van der Waals surface area contributed by atoms with Crippen molar-refractivity contribution in [3.63, 3.8) is 0 Å². The van der Waals surface area contributed by atoms with E-state index in [1.807, 2.05) is 30.3 Å². The normalized spacial score (nSPS) is 10.1. The molecule has 2 N–H and O–H groups in total. The van der Waals surface area contributed by atoms with Crippen LogP contribution in [0.2, 0.25) is 0 Å². The van der Waals surface area contributed by atoms with Gasteiger partial charge in [-0.15, -0.1) is 0 Å². The first kappa shape index (κ1) is 16.0. The number of ether oxygens (including phenoxy) is 1. The lowest BCUT2D eigenvalue weighted by Gasteiger charge is -2.11. The zero-order chi connectivity index (χ0) is 14.8. The second-order valence-corrected chi connectivity index (χ2v) is 4.86. The van der Waals surface area contributed by atoms with Crippen molar-refractivity contribution in [2.24, 2.45) is 5.92 Å². The molecule has 0 unspecified atom stereocenters. The predicted molar refractivity (Wildman–Crippen MR) is 77.1 cm³/mol. The fourth-order valence-electron chi connectivity index (χ4n) is 1.59. The molecule has 20 heavy (non-hydrogen) atoms. The van der Waals surface area contributed by atoms with Gasteiger partial charge in [0.15, 0.2) is 6.61 Å². The summed E-state index contributed by atoms with van der Waals surface area (Å²) in [5.41, 5.74) is 0.930. The maximum absolute atomic E-state index is 11.5. The van der Waals surface area contributed by atoms with Crippen molar-refractivity contribution in [3.8, 4) is 11.8 Å². The first-order valence-electron chi connectivity index (χ1n) is 6.68. The quantitative estimate of drug-likeness (QED) is 0.753. The lowest BCUT2D eigenvalue weighted by Crippen LogP contribution is -2.35. The van der Waals surface area contributed by atoms with Crippen LogP contribution < -0.4 is 15.4 Å². The van der Waals surface area contributed by atoms with Crippen LogP contribution in [-0.2, 0) is 11.3 Å². The summed E-state index contributed by atoms with van der Waals surface area (Å²) in [4.78, 5) is 11.5. The number of para-hydroxylation sites is 1. The van der Waals surface area contributed by atoms with Crippen molar-refractivity contribution in [1.82, 2.24) is 10.6 Å². The van der Waals surface area contributed by atoms with Crippen molar-refractivity contribution in [1.29, 1.82) is 5.26 Å². The number of carbonyl (C=O) groups is 1. The van der Waals surface area contributed by atoms with E-state index < -0.39 is 0 Å². The maximum atomic E-state index is 11.5. The van der Waals surface area contributed by atoms with E-state index in [-0.39, 0.29) is 19.1 Å². The van der Waals surface area contributed by atoms with Gasteiger partial charge >= 0.3 is 0 Å². The van der Waals surface area contributed by atoms with Gasteiger partial charge in [0.1, 0.15) is 11.8 Å². The van der Waals surface area contributed by atoms with Crippen molar-refractivity contribution >= 4 is 5.91 Å². The van der Waals surface area contributed by atoms with Gasteiger partial charge in [0.05, 0.1) is 6.54 Å². The summed E-state index contributed by atoms with van der Waals surface area (Å²) in [7, 11) is 0. The van der Waals surface area contributed by atoms with Crippen LogP contribution in [0.15, 0.2) is 24.3 Å². The van der Waals surface area contributed by atoms with Crippen LogP contribution in [0.4, 0.5) is 0 Å². The van der Waals surface area contributed by atoms with Crippen LogP contribution in [0.5, 0.6) is 5.75 Å². The summed E-state index contributed by atoms with van der Waals surface area (Å²) >= 11 is 0. The summed E-state index contributed by atoms with van der Waals surface area (Å²) in [5, 5.41) is 14.4. The number of carbonyl (C=O) groups excluding carboxylic acids is 1. The first-order valence-corrected chi connectivity index (χ1v) is 6.68. The molecule has 0 bridgehead atoms. The number of hydrogen-bond donors (Lipinski definition) is 2. The summed E-state index contributed by atoms with van der Waals surface area (Å²) < 4.78 is 5.32. The zero-order valence-corrected chi connectivity index (χ0v) is 12.0. The average Bonchev–Trinajstić information content (AvgIpc) is 2.44. The van der Waals surface area contributed by atoms with E-state index in [4.69, 9.17) is 10.00 Å². The molecule has 0 saturated heterocycles. The monoisotopic (exact) mass is 275 g/mol. The third-order valence-electron chi connectivity index (χ3n) is 2.57. The number of nitriles is 1. The van der Waals surface area contributed by atoms with E-state index >= 15 is 0 Å². The van der Waals surface area contributed by atoms with E-state index in [1.54, 1.807) is 0 Å². The largest absolute Gasteiger partial charge is 0.478 e. The molecule has 0 radical (unpaired) electrons. The van der Waals surface area contributed by atoms with Gasteiger partial charge in [-0.2, -0.15) is 5.26 Å². The van der Waals surface area contributed by atoms with Crippen LogP contribution in [0.3, 0.4) is 0 Å². The maximum Gasteiger partial charge on any atom is 0.233 e. The number of nitrogens with zero attached hydrogens (tertiary/aromatic N) is 1. The summed E-state index contributed by atoms with van der Waals surface area (Å²) in [6.45, 7) is 5.59. The van der Waals surface area contributed by atoms with Crippen LogP contribution in [-0.4, -0.2) is 25.6 Å². The number of hydrogen-bond acceptors (Lipinski definition) is 4. The molecule has 1 rings (SSSR count). The lowest BCUT2D eigenvalue weighted by molar-refractivity contribution is -0.120. The Balaban J connectivity index is 2.38. The Morgan fingerprint density at radius 3 is 2.85 bits per heavy atom. The number of amides is 1. The van der Waals surface area contributed by atoms with Crippen molar-refractivity contribution in [2.75, 3.05) is 19.7 Å². The highest BCUT2D eigenvalue weighted by Gasteiger charge is 2.05. The molecule has 0 fully saturated rings. The zero-order valence-electron chi connectivity index (χ0n) is 12.0. The lowest BCUT2D eigenvalue weighted by atomic mass is 10.2. The molecule has 0 aliphatic carbocycles. The van der Waals surface area contributed by atoms with Gasteiger partial charge in [-0.3, -0.25) is 4.79 Å². The topological polar surface area (TPSA) is 74.2 Å². The molecule has 0 heterocycles. The molecule has 0 atom stereocenters. The average molecular weight is 275 g/mol. The van der Waals surface area contributed by atoms with Gasteiger partial charge in [-0.05, 0) is 12.0 Å². The van der Waals surface area contributed by atoms with E-state index in [9.17, 15) is 4.79 Å². The molecule has 0 aliphatic heterocycles. The Hall–Kier alpha value is -2.06. The molecule has 1 aromatic rings. The molecule has 0 aliphatic rings. The third kappa shape index (κ3) is 6.21. The van der Waals surface area contributed by atoms with Crippen molar-refractivity contribution in [2.45, 2.75) is 20.4 Å². The predicted octanol–water partition coefficient (Wildman–Crippen LogP) is 1.45. The highest BCUT2D eigenvalue weighted by atomic mass is 16.5. The standard InChI is InChI=1S/C15H21N3O2/c1-12(2)9-18-15(19)11-17-10-13-5-3-4-6-14(13)20-8-7-16/h3-6,12,17H,8-11H2,1-2H3,(H,18,19). The summed E-state index contributed by atoms with van der Waals surface area (Å²) in [6, 6.07) is 9.41. The van der Waals surface area contributed by atoms with E-state index in [2.05, 4.69) is 24.5 Å². The molecule has 0 saturated carbocycles. The van der Waals surface area contributed by atoms with Crippen LogP contribution in [0.25, 0.3) is 0 Å². The highest BCUT2D eigenvalue weighted by molar-refractivity contribution is 5.77. The van der Waals surface area contributed by atoms with Crippen molar-refractivity contribution < 1.29 is 9.53 Å². The number of benzene rings is 1. The highest BCUT2D eigenvalue weighted by Crippen LogP contribution is 2.17. The van der Waals surface area contributed by atoms with Gasteiger partial charge in [0.2, 0.25) is 5.91 Å². The van der Waals surface area contributed by atoms with E-state index in [0.29, 0.717) is 24.8 Å².